The molecule has 0 spiro atoms. The fourth-order valence-electron chi connectivity index (χ4n) is 4.32. The van der Waals surface area contributed by atoms with E-state index in [9.17, 15) is 4.79 Å². The van der Waals surface area contributed by atoms with Gasteiger partial charge in [-0.25, -0.2) is 0 Å². The number of piperidine rings is 1. The first kappa shape index (κ1) is 26.9. The molecule has 2 atom stereocenters. The summed E-state index contributed by atoms with van der Waals surface area (Å²) in [6, 6.07) is 8.44. The fraction of sp³-hybridized carbons (Fsp3) is 0.667. The molecule has 2 saturated heterocycles. The minimum absolute atomic E-state index is 0. The molecule has 1 aromatic carbocycles. The number of hydrogen-bond donors (Lipinski definition) is 3. The monoisotopic (exact) mass is 557 g/mol. The van der Waals surface area contributed by atoms with Crippen LogP contribution in [0.15, 0.2) is 29.3 Å². The van der Waals surface area contributed by atoms with Gasteiger partial charge in [0.1, 0.15) is 0 Å². The number of ether oxygens (including phenoxy) is 1. The molecule has 3 rings (SSSR count). The molecule has 180 valence electrons. The SMILES string of the molecule is CN=C(NCCCN1CCCCC1C)NCc1cccc(C(=O)NCC2CCCO2)c1.I. The zero-order valence-corrected chi connectivity index (χ0v) is 21.9. The van der Waals surface area contributed by atoms with E-state index in [2.05, 4.69) is 32.8 Å². The third-order valence-corrected chi connectivity index (χ3v) is 6.24. The lowest BCUT2D eigenvalue weighted by Crippen LogP contribution is -2.41. The lowest BCUT2D eigenvalue weighted by Gasteiger charge is -2.33. The summed E-state index contributed by atoms with van der Waals surface area (Å²) in [5.74, 6) is 0.742. The molecule has 0 saturated carbocycles. The van der Waals surface area contributed by atoms with E-state index >= 15 is 0 Å². The average molecular weight is 558 g/mol. The van der Waals surface area contributed by atoms with Crippen LogP contribution < -0.4 is 16.0 Å². The molecule has 1 amide bonds. The maximum Gasteiger partial charge on any atom is 0.251 e. The number of carbonyl (C=O) groups is 1. The zero-order chi connectivity index (χ0) is 21.9. The van der Waals surface area contributed by atoms with Crippen molar-refractivity contribution >= 4 is 35.8 Å². The molecule has 32 heavy (non-hydrogen) atoms. The van der Waals surface area contributed by atoms with Crippen LogP contribution in [0.4, 0.5) is 0 Å². The van der Waals surface area contributed by atoms with Crippen LogP contribution in [0.1, 0.15) is 61.4 Å². The Hall–Kier alpha value is -1.39. The highest BCUT2D eigenvalue weighted by Crippen LogP contribution is 2.16. The Morgan fingerprint density at radius 2 is 2.06 bits per heavy atom. The molecular weight excluding hydrogens is 517 g/mol. The Kier molecular flexibility index (Phi) is 12.3. The average Bonchev–Trinajstić information content (AvgIpc) is 3.32. The minimum Gasteiger partial charge on any atom is -0.376 e. The zero-order valence-electron chi connectivity index (χ0n) is 19.6. The van der Waals surface area contributed by atoms with E-state index in [0.29, 0.717) is 24.7 Å². The van der Waals surface area contributed by atoms with Crippen molar-refractivity contribution in [2.24, 2.45) is 4.99 Å². The van der Waals surface area contributed by atoms with E-state index in [4.69, 9.17) is 4.74 Å². The van der Waals surface area contributed by atoms with Crippen LogP contribution in [0.25, 0.3) is 0 Å². The fourth-order valence-corrected chi connectivity index (χ4v) is 4.32. The van der Waals surface area contributed by atoms with Crippen molar-refractivity contribution in [2.45, 2.75) is 64.1 Å². The number of nitrogens with zero attached hydrogens (tertiary/aromatic N) is 2. The van der Waals surface area contributed by atoms with Gasteiger partial charge in [-0.3, -0.25) is 9.79 Å². The largest absolute Gasteiger partial charge is 0.376 e. The molecule has 1 aromatic rings. The van der Waals surface area contributed by atoms with Crippen molar-refractivity contribution in [3.8, 4) is 0 Å². The van der Waals surface area contributed by atoms with Crippen molar-refractivity contribution in [2.75, 3.05) is 39.8 Å². The number of benzene rings is 1. The van der Waals surface area contributed by atoms with E-state index in [-0.39, 0.29) is 36.0 Å². The van der Waals surface area contributed by atoms with Crippen molar-refractivity contribution < 1.29 is 9.53 Å². The highest BCUT2D eigenvalue weighted by atomic mass is 127. The third-order valence-electron chi connectivity index (χ3n) is 6.24. The molecule has 2 aliphatic heterocycles. The topological polar surface area (TPSA) is 78.0 Å². The van der Waals surface area contributed by atoms with Crippen LogP contribution in [-0.4, -0.2) is 68.7 Å². The smallest absolute Gasteiger partial charge is 0.251 e. The lowest BCUT2D eigenvalue weighted by molar-refractivity contribution is 0.0857. The van der Waals surface area contributed by atoms with E-state index in [0.717, 1.165) is 50.5 Å². The summed E-state index contributed by atoms with van der Waals surface area (Å²) in [6.45, 7) is 7.59. The van der Waals surface area contributed by atoms with E-state index in [1.807, 2.05) is 24.3 Å². The maximum absolute atomic E-state index is 12.4. The summed E-state index contributed by atoms with van der Waals surface area (Å²) in [5, 5.41) is 9.74. The number of aliphatic imine (C=N–C) groups is 1. The first-order valence-electron chi connectivity index (χ1n) is 11.8. The second-order valence-electron chi connectivity index (χ2n) is 8.63. The predicted octanol–water partition coefficient (Wildman–Crippen LogP) is 3.14. The van der Waals surface area contributed by atoms with Gasteiger partial charge < -0.3 is 25.6 Å². The summed E-state index contributed by atoms with van der Waals surface area (Å²) >= 11 is 0. The van der Waals surface area contributed by atoms with Gasteiger partial charge in [-0.05, 0) is 63.3 Å². The molecule has 0 bridgehead atoms. The quantitative estimate of drug-likeness (QED) is 0.188. The van der Waals surface area contributed by atoms with Gasteiger partial charge in [-0.1, -0.05) is 18.6 Å². The molecule has 0 radical (unpaired) electrons. The molecule has 2 aliphatic rings. The highest BCUT2D eigenvalue weighted by Gasteiger charge is 2.18. The molecular formula is C24H40IN5O2. The lowest BCUT2D eigenvalue weighted by atomic mass is 10.0. The van der Waals surface area contributed by atoms with Gasteiger partial charge in [0.15, 0.2) is 5.96 Å². The summed E-state index contributed by atoms with van der Waals surface area (Å²) in [7, 11) is 1.79. The summed E-state index contributed by atoms with van der Waals surface area (Å²) in [6.07, 6.45) is 7.37. The molecule has 7 nitrogen and oxygen atoms in total. The number of halogens is 1. The van der Waals surface area contributed by atoms with Crippen LogP contribution >= 0.6 is 24.0 Å². The normalized spacial score (nSPS) is 21.6. The second-order valence-corrected chi connectivity index (χ2v) is 8.63. The highest BCUT2D eigenvalue weighted by molar-refractivity contribution is 14.0. The number of hydrogen-bond acceptors (Lipinski definition) is 4. The summed E-state index contributed by atoms with van der Waals surface area (Å²) < 4.78 is 5.57. The number of nitrogens with one attached hydrogen (secondary N) is 3. The Morgan fingerprint density at radius 1 is 1.19 bits per heavy atom. The Labute approximate surface area is 210 Å². The van der Waals surface area contributed by atoms with E-state index in [1.165, 1.54) is 25.8 Å². The predicted molar refractivity (Wildman–Crippen MR) is 141 cm³/mol. The molecule has 0 aliphatic carbocycles. The third kappa shape index (κ3) is 8.86. The summed E-state index contributed by atoms with van der Waals surface area (Å²) in [5.41, 5.74) is 1.73. The molecule has 0 aromatic heterocycles. The molecule has 2 fully saturated rings. The standard InChI is InChI=1S/C24H39N5O2.HI/c1-19-8-3-4-13-29(19)14-7-12-26-24(25-2)28-17-20-9-5-10-21(16-20)23(30)27-18-22-11-6-15-31-22;/h5,9-10,16,19,22H,3-4,6-8,11-15,17-18H2,1-2H3,(H,27,30)(H2,25,26,28);1H. The van der Waals surface area contributed by atoms with Gasteiger partial charge in [0.25, 0.3) is 5.91 Å². The van der Waals surface area contributed by atoms with E-state index < -0.39 is 0 Å². The van der Waals surface area contributed by atoms with E-state index in [1.54, 1.807) is 7.05 Å². The number of amides is 1. The Bertz CT molecular complexity index is 724. The van der Waals surface area contributed by atoms with Crippen molar-refractivity contribution in [3.05, 3.63) is 35.4 Å². The second kappa shape index (κ2) is 14.7. The molecule has 2 unspecified atom stereocenters. The van der Waals surface area contributed by atoms with Crippen LogP contribution in [0.2, 0.25) is 0 Å². The van der Waals surface area contributed by atoms with Gasteiger partial charge in [0.2, 0.25) is 0 Å². The Morgan fingerprint density at radius 3 is 2.81 bits per heavy atom. The molecule has 2 heterocycles. The minimum atomic E-state index is -0.0493. The maximum atomic E-state index is 12.4. The van der Waals surface area contributed by atoms with Gasteiger partial charge in [-0.2, -0.15) is 0 Å². The van der Waals surface area contributed by atoms with Gasteiger partial charge in [0, 0.05) is 51.4 Å². The number of carbonyl (C=O) groups excluding carboxylic acids is 1. The van der Waals surface area contributed by atoms with Crippen molar-refractivity contribution in [1.82, 2.24) is 20.9 Å². The van der Waals surface area contributed by atoms with Crippen molar-refractivity contribution in [3.63, 3.8) is 0 Å². The van der Waals surface area contributed by atoms with Crippen LogP contribution in [-0.2, 0) is 11.3 Å². The first-order valence-corrected chi connectivity index (χ1v) is 11.8. The number of rotatable bonds is 9. The number of guanidine groups is 1. The van der Waals surface area contributed by atoms with Crippen LogP contribution in [0, 0.1) is 0 Å². The van der Waals surface area contributed by atoms with Gasteiger partial charge >= 0.3 is 0 Å². The first-order chi connectivity index (χ1) is 15.2. The molecule has 8 heteroatoms. The van der Waals surface area contributed by atoms with Gasteiger partial charge in [0.05, 0.1) is 6.10 Å². The Balaban J connectivity index is 0.00000363. The number of likely N-dealkylation sites (tertiary alicyclic amines) is 1. The van der Waals surface area contributed by atoms with Crippen LogP contribution in [0.3, 0.4) is 0 Å². The summed E-state index contributed by atoms with van der Waals surface area (Å²) in [4.78, 5) is 19.4. The van der Waals surface area contributed by atoms with Gasteiger partial charge in [-0.15, -0.1) is 24.0 Å². The molecule has 3 N–H and O–H groups in total. The van der Waals surface area contributed by atoms with Crippen LogP contribution in [0.5, 0.6) is 0 Å². The van der Waals surface area contributed by atoms with Crippen molar-refractivity contribution in [1.29, 1.82) is 0 Å².